The van der Waals surface area contributed by atoms with Gasteiger partial charge in [-0.3, -0.25) is 5.10 Å². The first-order valence-corrected chi connectivity index (χ1v) is 11.2. The fourth-order valence-corrected chi connectivity index (χ4v) is 4.59. The molecule has 1 aromatic heterocycles. The number of carbonyl (C=O) groups excluding carboxylic acids is 1. The van der Waals surface area contributed by atoms with E-state index < -0.39 is 5.97 Å². The van der Waals surface area contributed by atoms with E-state index in [1.807, 2.05) is 12.1 Å². The zero-order chi connectivity index (χ0) is 20.9. The van der Waals surface area contributed by atoms with Gasteiger partial charge in [0.1, 0.15) is 0 Å². The number of nitrogens with one attached hydrogen (secondary N) is 1. The lowest BCUT2D eigenvalue weighted by molar-refractivity contribution is 0.0515. The van der Waals surface area contributed by atoms with Crippen molar-refractivity contribution in [2.75, 3.05) is 18.1 Å². The molecule has 1 fully saturated rings. The molecule has 3 aromatic rings. The first-order chi connectivity index (χ1) is 14.7. The first-order valence-electron chi connectivity index (χ1n) is 10.4. The second kappa shape index (κ2) is 9.34. The summed E-state index contributed by atoms with van der Waals surface area (Å²) in [6.45, 7) is 5.53. The summed E-state index contributed by atoms with van der Waals surface area (Å²) in [5, 5.41) is 10.9. The fraction of sp³-hybridized carbons (Fsp3) is 0.348. The maximum Gasteiger partial charge on any atom is 0.359 e. The molecule has 1 aliphatic rings. The predicted molar refractivity (Wildman–Crippen MR) is 119 cm³/mol. The van der Waals surface area contributed by atoms with E-state index in [4.69, 9.17) is 4.74 Å². The molecule has 1 N–H and O–H groups in total. The summed E-state index contributed by atoms with van der Waals surface area (Å²) in [6.07, 6.45) is 3.87. The van der Waals surface area contributed by atoms with E-state index in [0.29, 0.717) is 17.7 Å². The van der Waals surface area contributed by atoms with Crippen LogP contribution < -0.4 is 4.90 Å². The van der Waals surface area contributed by atoms with Crippen molar-refractivity contribution in [2.24, 2.45) is 0 Å². The number of esters is 1. The van der Waals surface area contributed by atoms with Gasteiger partial charge >= 0.3 is 5.97 Å². The molecule has 0 saturated carbocycles. The zero-order valence-electron chi connectivity index (χ0n) is 17.3. The second-order valence-corrected chi connectivity index (χ2v) is 8.49. The van der Waals surface area contributed by atoms with Crippen LogP contribution in [0.3, 0.4) is 0 Å². The Balaban J connectivity index is 1.45. The highest BCUT2D eigenvalue weighted by molar-refractivity contribution is 7.99. The Morgan fingerprint density at radius 1 is 1.13 bits per heavy atom. The number of piperidine rings is 1. The van der Waals surface area contributed by atoms with Crippen molar-refractivity contribution >= 4 is 23.4 Å². The standard InChI is InChI=1S/C23H26N4O2S/c1-3-29-23(28)21-22(25-26-24-21)30-20-13-9-18(10-14-20)17-7-11-19(12-8-17)27-15-5-4-6-16(27)2/h7-14,16H,3-6,15H2,1-2H3,(H,24,25,26). The molecule has 1 atom stereocenters. The summed E-state index contributed by atoms with van der Waals surface area (Å²) >= 11 is 1.39. The van der Waals surface area contributed by atoms with Gasteiger partial charge in [-0.15, -0.1) is 5.10 Å². The molecular formula is C23H26N4O2S. The number of aromatic amines is 1. The number of benzene rings is 2. The van der Waals surface area contributed by atoms with Crippen LogP contribution in [0.2, 0.25) is 0 Å². The van der Waals surface area contributed by atoms with Gasteiger partial charge in [-0.1, -0.05) is 41.2 Å². The molecule has 2 aromatic carbocycles. The van der Waals surface area contributed by atoms with E-state index in [9.17, 15) is 4.79 Å². The number of H-pyrrole nitrogens is 1. The molecule has 6 nitrogen and oxygen atoms in total. The number of nitrogens with zero attached hydrogens (tertiary/aromatic N) is 3. The second-order valence-electron chi connectivity index (χ2n) is 7.42. The van der Waals surface area contributed by atoms with E-state index in [1.165, 1.54) is 42.3 Å². The van der Waals surface area contributed by atoms with Crippen molar-refractivity contribution in [1.29, 1.82) is 0 Å². The van der Waals surface area contributed by atoms with Gasteiger partial charge in [-0.2, -0.15) is 0 Å². The average molecular weight is 423 g/mol. The van der Waals surface area contributed by atoms with Crippen LogP contribution in [0.4, 0.5) is 5.69 Å². The summed E-state index contributed by atoms with van der Waals surface area (Å²) in [7, 11) is 0. The summed E-state index contributed by atoms with van der Waals surface area (Å²) in [6, 6.07) is 17.7. The van der Waals surface area contributed by atoms with Crippen molar-refractivity contribution in [3.8, 4) is 11.1 Å². The van der Waals surface area contributed by atoms with Crippen molar-refractivity contribution in [3.05, 3.63) is 54.2 Å². The highest BCUT2D eigenvalue weighted by atomic mass is 32.2. The van der Waals surface area contributed by atoms with Gasteiger partial charge in [0.25, 0.3) is 0 Å². The highest BCUT2D eigenvalue weighted by Crippen LogP contribution is 2.31. The predicted octanol–water partition coefficient (Wildman–Crippen LogP) is 5.18. The third-order valence-electron chi connectivity index (χ3n) is 5.40. The molecule has 2 heterocycles. The lowest BCUT2D eigenvalue weighted by Crippen LogP contribution is -2.37. The van der Waals surface area contributed by atoms with Gasteiger partial charge in [-0.25, -0.2) is 4.79 Å². The van der Waals surface area contributed by atoms with Gasteiger partial charge in [0, 0.05) is 23.2 Å². The van der Waals surface area contributed by atoms with Gasteiger partial charge in [-0.05, 0) is 68.5 Å². The highest BCUT2D eigenvalue weighted by Gasteiger charge is 2.19. The molecule has 0 spiro atoms. The van der Waals surface area contributed by atoms with Gasteiger partial charge < -0.3 is 9.64 Å². The maximum absolute atomic E-state index is 12.0. The Morgan fingerprint density at radius 2 is 1.83 bits per heavy atom. The van der Waals surface area contributed by atoms with Crippen molar-refractivity contribution in [3.63, 3.8) is 0 Å². The number of rotatable bonds is 6. The quantitative estimate of drug-likeness (QED) is 0.552. The molecule has 0 aliphatic carbocycles. The van der Waals surface area contributed by atoms with Crippen molar-refractivity contribution in [2.45, 2.75) is 49.1 Å². The topological polar surface area (TPSA) is 71.1 Å². The fourth-order valence-electron chi connectivity index (χ4n) is 3.78. The smallest absolute Gasteiger partial charge is 0.359 e. The number of carbonyl (C=O) groups is 1. The Labute approximate surface area is 181 Å². The zero-order valence-corrected chi connectivity index (χ0v) is 18.1. The molecule has 7 heteroatoms. The summed E-state index contributed by atoms with van der Waals surface area (Å²) < 4.78 is 5.03. The van der Waals surface area contributed by atoms with Gasteiger partial charge in [0.15, 0.2) is 10.7 Å². The van der Waals surface area contributed by atoms with Crippen LogP contribution in [0, 0.1) is 0 Å². The number of anilines is 1. The van der Waals surface area contributed by atoms with E-state index in [0.717, 1.165) is 17.0 Å². The molecule has 4 rings (SSSR count). The Kier molecular flexibility index (Phi) is 6.38. The Hall–Kier alpha value is -2.80. The minimum absolute atomic E-state index is 0.286. The third-order valence-corrected chi connectivity index (χ3v) is 6.39. The largest absolute Gasteiger partial charge is 0.461 e. The van der Waals surface area contributed by atoms with E-state index in [2.05, 4.69) is 63.6 Å². The Morgan fingerprint density at radius 3 is 2.50 bits per heavy atom. The molecule has 1 aliphatic heterocycles. The van der Waals surface area contributed by atoms with Crippen LogP contribution in [0.25, 0.3) is 11.1 Å². The Bertz CT molecular complexity index is 985. The van der Waals surface area contributed by atoms with Crippen molar-refractivity contribution < 1.29 is 9.53 Å². The lowest BCUT2D eigenvalue weighted by Gasteiger charge is -2.35. The van der Waals surface area contributed by atoms with Gasteiger partial charge in [0.05, 0.1) is 6.61 Å². The van der Waals surface area contributed by atoms with E-state index in [-0.39, 0.29) is 5.69 Å². The van der Waals surface area contributed by atoms with Crippen LogP contribution in [0.5, 0.6) is 0 Å². The molecule has 0 bridgehead atoms. The van der Waals surface area contributed by atoms with Crippen LogP contribution in [-0.4, -0.2) is 40.6 Å². The first kappa shape index (κ1) is 20.5. The maximum atomic E-state index is 12.0. The van der Waals surface area contributed by atoms with Crippen LogP contribution in [-0.2, 0) is 4.74 Å². The SMILES string of the molecule is CCOC(=O)c1[nH]nnc1Sc1ccc(-c2ccc(N3CCCCC3C)cc2)cc1. The number of hydrogen-bond acceptors (Lipinski definition) is 6. The van der Waals surface area contributed by atoms with E-state index >= 15 is 0 Å². The normalized spacial score (nSPS) is 16.5. The van der Waals surface area contributed by atoms with E-state index in [1.54, 1.807) is 6.92 Å². The molecule has 1 saturated heterocycles. The molecule has 0 radical (unpaired) electrons. The van der Waals surface area contributed by atoms with Crippen molar-refractivity contribution in [1.82, 2.24) is 15.4 Å². The molecule has 156 valence electrons. The molecule has 0 amide bonds. The number of ether oxygens (including phenoxy) is 1. The summed E-state index contributed by atoms with van der Waals surface area (Å²) in [5.41, 5.74) is 3.93. The van der Waals surface area contributed by atoms with Gasteiger partial charge in [0.2, 0.25) is 0 Å². The summed E-state index contributed by atoms with van der Waals surface area (Å²) in [5.74, 6) is -0.440. The van der Waals surface area contributed by atoms with Crippen LogP contribution in [0.15, 0.2) is 58.5 Å². The molecular weight excluding hydrogens is 396 g/mol. The number of aromatic nitrogens is 3. The minimum Gasteiger partial charge on any atom is -0.461 e. The average Bonchev–Trinajstić information content (AvgIpc) is 3.23. The molecule has 30 heavy (non-hydrogen) atoms. The molecule has 1 unspecified atom stereocenters. The lowest BCUT2D eigenvalue weighted by atomic mass is 10.0. The minimum atomic E-state index is -0.440. The monoisotopic (exact) mass is 422 g/mol. The summed E-state index contributed by atoms with van der Waals surface area (Å²) in [4.78, 5) is 15.5. The number of hydrogen-bond donors (Lipinski definition) is 1. The third kappa shape index (κ3) is 4.51. The van der Waals surface area contributed by atoms with Crippen LogP contribution in [0.1, 0.15) is 43.6 Å². The van der Waals surface area contributed by atoms with Crippen LogP contribution >= 0.6 is 11.8 Å².